The maximum atomic E-state index is 13.4. The molecule has 0 aromatic heterocycles. The van der Waals surface area contributed by atoms with Crippen LogP contribution in [-0.4, -0.2) is 85.8 Å². The van der Waals surface area contributed by atoms with E-state index >= 15 is 0 Å². The molecule has 0 spiro atoms. The van der Waals surface area contributed by atoms with Crippen LogP contribution in [0.2, 0.25) is 0 Å². The van der Waals surface area contributed by atoms with Gasteiger partial charge >= 0.3 is 0 Å². The van der Waals surface area contributed by atoms with Crippen LogP contribution in [0.3, 0.4) is 0 Å². The molecule has 8 nitrogen and oxygen atoms in total. The molecule has 2 aromatic carbocycles. The molecule has 1 saturated heterocycles. The summed E-state index contributed by atoms with van der Waals surface area (Å²) < 4.78 is 26.4. The number of piperazine rings is 1. The third kappa shape index (κ3) is 7.11. The maximum Gasteiger partial charge on any atom is 0.251 e. The molecule has 2 fully saturated rings. The molecule has 1 aliphatic carbocycles. The summed E-state index contributed by atoms with van der Waals surface area (Å²) in [6.07, 6.45) is 3.54. The first kappa shape index (κ1) is 27.9. The van der Waals surface area contributed by atoms with Gasteiger partial charge in [0.1, 0.15) is 23.5 Å². The SMILES string of the molecule is CN1CCN(C(=O)[C@H](CCCN[C@@H]2C[C@H]2c2ccc(F)cc2)NC(=O)c2ccc(C3=NCC(F)=CN3)cc2)CC1. The average molecular weight is 551 g/mol. The van der Waals surface area contributed by atoms with Crippen molar-refractivity contribution in [1.29, 1.82) is 0 Å². The van der Waals surface area contributed by atoms with E-state index in [1.54, 1.807) is 24.3 Å². The second kappa shape index (κ2) is 12.7. The van der Waals surface area contributed by atoms with Gasteiger partial charge in [0.25, 0.3) is 5.91 Å². The second-order valence-corrected chi connectivity index (χ2v) is 10.7. The van der Waals surface area contributed by atoms with Gasteiger partial charge in [-0.15, -0.1) is 0 Å². The number of hydrogen-bond acceptors (Lipinski definition) is 6. The molecule has 0 bridgehead atoms. The van der Waals surface area contributed by atoms with Crippen molar-refractivity contribution in [2.75, 3.05) is 46.3 Å². The number of carbonyl (C=O) groups excluding carboxylic acids is 2. The molecule has 3 aliphatic rings. The zero-order valence-corrected chi connectivity index (χ0v) is 22.7. The molecule has 3 atom stereocenters. The van der Waals surface area contributed by atoms with E-state index in [1.165, 1.54) is 18.3 Å². The second-order valence-electron chi connectivity index (χ2n) is 10.7. The van der Waals surface area contributed by atoms with Crippen LogP contribution < -0.4 is 16.0 Å². The van der Waals surface area contributed by atoms with Crippen LogP contribution in [0.15, 0.2) is 65.6 Å². The van der Waals surface area contributed by atoms with Gasteiger partial charge in [0.2, 0.25) is 5.91 Å². The number of amides is 2. The minimum absolute atomic E-state index is 0.0108. The van der Waals surface area contributed by atoms with Crippen molar-refractivity contribution < 1.29 is 18.4 Å². The topological polar surface area (TPSA) is 89.1 Å². The number of aliphatic imine (C=N–C) groups is 1. The Morgan fingerprint density at radius 2 is 1.77 bits per heavy atom. The summed E-state index contributed by atoms with van der Waals surface area (Å²) in [5.74, 6) is -0.000929. The van der Waals surface area contributed by atoms with Crippen LogP contribution in [0.4, 0.5) is 8.78 Å². The number of amidine groups is 1. The number of hydrogen-bond donors (Lipinski definition) is 3. The Labute approximate surface area is 233 Å². The first-order valence-corrected chi connectivity index (χ1v) is 13.9. The number of carbonyl (C=O) groups is 2. The molecule has 2 amide bonds. The first-order chi connectivity index (χ1) is 19.4. The van der Waals surface area contributed by atoms with Gasteiger partial charge in [-0.2, -0.15) is 0 Å². The minimum Gasteiger partial charge on any atom is -0.344 e. The van der Waals surface area contributed by atoms with Crippen molar-refractivity contribution >= 4 is 17.6 Å². The van der Waals surface area contributed by atoms with Gasteiger partial charge in [-0.05, 0) is 62.7 Å². The van der Waals surface area contributed by atoms with E-state index in [0.717, 1.165) is 43.6 Å². The zero-order valence-electron chi connectivity index (χ0n) is 22.7. The third-order valence-electron chi connectivity index (χ3n) is 7.76. The molecule has 2 aliphatic heterocycles. The lowest BCUT2D eigenvalue weighted by Crippen LogP contribution is -2.54. The van der Waals surface area contributed by atoms with Gasteiger partial charge in [0, 0.05) is 55.5 Å². The van der Waals surface area contributed by atoms with E-state index in [2.05, 4.69) is 25.8 Å². The van der Waals surface area contributed by atoms with Gasteiger partial charge in [-0.3, -0.25) is 14.6 Å². The highest BCUT2D eigenvalue weighted by Gasteiger charge is 2.37. The first-order valence-electron chi connectivity index (χ1n) is 13.9. The summed E-state index contributed by atoms with van der Waals surface area (Å²) in [6.45, 7) is 3.60. The van der Waals surface area contributed by atoms with Crippen LogP contribution >= 0.6 is 0 Å². The number of nitrogens with one attached hydrogen (secondary N) is 3. The van der Waals surface area contributed by atoms with Crippen molar-refractivity contribution in [2.45, 2.75) is 37.3 Å². The monoisotopic (exact) mass is 550 g/mol. The lowest BCUT2D eigenvalue weighted by molar-refractivity contribution is -0.135. The van der Waals surface area contributed by atoms with E-state index in [-0.39, 0.29) is 30.0 Å². The summed E-state index contributed by atoms with van der Waals surface area (Å²) in [4.78, 5) is 34.8. The highest BCUT2D eigenvalue weighted by molar-refractivity contribution is 6.02. The van der Waals surface area contributed by atoms with Gasteiger partial charge in [-0.25, -0.2) is 8.78 Å². The summed E-state index contributed by atoms with van der Waals surface area (Å²) in [5, 5.41) is 9.33. The van der Waals surface area contributed by atoms with Crippen LogP contribution in [0, 0.1) is 5.82 Å². The summed E-state index contributed by atoms with van der Waals surface area (Å²) in [6, 6.07) is 13.3. The standard InChI is InChI=1S/C30H36F2N6O2/c1-37-13-15-38(16-14-37)30(40)26(3-2-12-33-27-17-25(27)20-8-10-23(31)11-9-20)36-29(39)22-6-4-21(5-7-22)28-34-18-24(32)19-35-28/h4-11,18,25-27,33H,2-3,12-17,19H2,1H3,(H,34,35)(H,36,39)/t25-,26-,27+/m0/s1. The minimum atomic E-state index is -0.623. The normalized spacial score (nSPS) is 21.6. The Balaban J connectivity index is 1.16. The number of likely N-dealkylation sites (N-methyl/N-ethyl adjacent to an activating group) is 1. The smallest absolute Gasteiger partial charge is 0.251 e. The molecule has 2 heterocycles. The average Bonchev–Trinajstić information content (AvgIpc) is 3.75. The number of nitrogens with zero attached hydrogens (tertiary/aromatic N) is 3. The van der Waals surface area contributed by atoms with E-state index in [9.17, 15) is 18.4 Å². The van der Waals surface area contributed by atoms with Gasteiger partial charge in [-0.1, -0.05) is 24.3 Å². The maximum absolute atomic E-state index is 13.4. The number of rotatable bonds is 10. The Morgan fingerprint density at radius 3 is 2.45 bits per heavy atom. The summed E-state index contributed by atoms with van der Waals surface area (Å²) in [5.41, 5.74) is 2.32. The van der Waals surface area contributed by atoms with Crippen LogP contribution in [-0.2, 0) is 4.79 Å². The Bertz CT molecular complexity index is 1260. The number of benzene rings is 2. The van der Waals surface area contributed by atoms with E-state index in [1.807, 2.05) is 24.1 Å². The fourth-order valence-electron chi connectivity index (χ4n) is 5.19. The predicted molar refractivity (Wildman–Crippen MR) is 150 cm³/mol. The Hall–Kier alpha value is -3.63. The van der Waals surface area contributed by atoms with Gasteiger partial charge in [0.05, 0.1) is 6.54 Å². The van der Waals surface area contributed by atoms with Crippen molar-refractivity contribution in [3.05, 3.63) is 83.1 Å². The summed E-state index contributed by atoms with van der Waals surface area (Å²) in [7, 11) is 2.04. The van der Waals surface area contributed by atoms with Crippen LogP contribution in [0.5, 0.6) is 0 Å². The third-order valence-corrected chi connectivity index (χ3v) is 7.76. The molecule has 1 saturated carbocycles. The molecule has 3 N–H and O–H groups in total. The van der Waals surface area contributed by atoms with Crippen molar-refractivity contribution in [3.8, 4) is 0 Å². The molecular weight excluding hydrogens is 514 g/mol. The molecule has 40 heavy (non-hydrogen) atoms. The van der Waals surface area contributed by atoms with Crippen molar-refractivity contribution in [2.24, 2.45) is 4.99 Å². The highest BCUT2D eigenvalue weighted by Crippen LogP contribution is 2.40. The number of halogens is 2. The molecule has 212 valence electrons. The lowest BCUT2D eigenvalue weighted by Gasteiger charge is -2.34. The van der Waals surface area contributed by atoms with Crippen LogP contribution in [0.25, 0.3) is 0 Å². The highest BCUT2D eigenvalue weighted by atomic mass is 19.1. The van der Waals surface area contributed by atoms with Gasteiger partial charge in [0.15, 0.2) is 0 Å². The largest absolute Gasteiger partial charge is 0.344 e. The predicted octanol–water partition coefficient (Wildman–Crippen LogP) is 2.78. The fourth-order valence-corrected chi connectivity index (χ4v) is 5.19. The zero-order chi connectivity index (χ0) is 28.1. The Kier molecular flexibility index (Phi) is 8.86. The van der Waals surface area contributed by atoms with Gasteiger partial charge < -0.3 is 25.8 Å². The molecule has 5 rings (SSSR count). The Morgan fingerprint density at radius 1 is 1.05 bits per heavy atom. The van der Waals surface area contributed by atoms with E-state index < -0.39 is 6.04 Å². The summed E-state index contributed by atoms with van der Waals surface area (Å²) >= 11 is 0. The van der Waals surface area contributed by atoms with E-state index in [4.69, 9.17) is 0 Å². The van der Waals surface area contributed by atoms with E-state index in [0.29, 0.717) is 42.9 Å². The molecule has 0 radical (unpaired) electrons. The van der Waals surface area contributed by atoms with Crippen molar-refractivity contribution in [3.63, 3.8) is 0 Å². The quantitative estimate of drug-likeness (QED) is 0.396. The molecular formula is C30H36F2N6O2. The lowest BCUT2D eigenvalue weighted by atomic mass is 10.1. The fraction of sp³-hybridized carbons (Fsp3) is 0.433. The van der Waals surface area contributed by atoms with Crippen LogP contribution in [0.1, 0.15) is 46.7 Å². The molecule has 0 unspecified atom stereocenters. The van der Waals surface area contributed by atoms with Crippen molar-refractivity contribution in [1.82, 2.24) is 25.8 Å². The molecule has 10 heteroatoms. The molecule has 2 aromatic rings.